The predicted molar refractivity (Wildman–Crippen MR) is 72.9 cm³/mol. The molecule has 0 saturated carbocycles. The van der Waals surface area contributed by atoms with Crippen LogP contribution in [-0.4, -0.2) is 9.97 Å². The van der Waals surface area contributed by atoms with Gasteiger partial charge in [-0.2, -0.15) is 0 Å². The van der Waals surface area contributed by atoms with Gasteiger partial charge >= 0.3 is 0 Å². The quantitative estimate of drug-likeness (QED) is 0.766. The van der Waals surface area contributed by atoms with E-state index in [9.17, 15) is 0 Å². The first-order valence-electron chi connectivity index (χ1n) is 6.15. The van der Waals surface area contributed by atoms with Crippen molar-refractivity contribution in [3.8, 4) is 11.4 Å². The van der Waals surface area contributed by atoms with Gasteiger partial charge < -0.3 is 0 Å². The van der Waals surface area contributed by atoms with Crippen LogP contribution in [0.15, 0.2) is 42.7 Å². The highest BCUT2D eigenvalue weighted by molar-refractivity contribution is 5.54. The van der Waals surface area contributed by atoms with Crippen LogP contribution in [0.5, 0.6) is 0 Å². The SMILES string of the molecule is CC.CC(C)c1ccc(-c2ncccn2)cc1. The van der Waals surface area contributed by atoms with Crippen LogP contribution in [0, 0.1) is 0 Å². The Balaban J connectivity index is 0.000000686. The molecule has 1 heterocycles. The number of hydrogen-bond donors (Lipinski definition) is 0. The lowest BCUT2D eigenvalue weighted by Gasteiger charge is -2.05. The normalized spacial score (nSPS) is 9.71. The molecular weight excluding hydrogens is 208 g/mol. The fraction of sp³-hybridized carbons (Fsp3) is 0.333. The standard InChI is InChI=1S/C13H14N2.C2H6/c1-10(2)11-4-6-12(7-5-11)13-14-8-3-9-15-13;1-2/h3-10H,1-2H3;1-2H3. The van der Waals surface area contributed by atoms with Crippen LogP contribution in [0.3, 0.4) is 0 Å². The van der Waals surface area contributed by atoms with Gasteiger partial charge in [-0.1, -0.05) is 52.0 Å². The summed E-state index contributed by atoms with van der Waals surface area (Å²) in [7, 11) is 0. The molecule has 1 aromatic heterocycles. The van der Waals surface area contributed by atoms with E-state index in [0.717, 1.165) is 11.4 Å². The van der Waals surface area contributed by atoms with E-state index in [1.54, 1.807) is 12.4 Å². The van der Waals surface area contributed by atoms with Gasteiger partial charge in [-0.05, 0) is 17.5 Å². The molecule has 90 valence electrons. The molecule has 2 heteroatoms. The Morgan fingerprint density at radius 2 is 1.41 bits per heavy atom. The zero-order valence-corrected chi connectivity index (χ0v) is 11.0. The van der Waals surface area contributed by atoms with Gasteiger partial charge in [0.05, 0.1) is 0 Å². The number of nitrogens with zero attached hydrogens (tertiary/aromatic N) is 2. The number of aromatic nitrogens is 2. The molecule has 0 amide bonds. The average Bonchev–Trinajstić information content (AvgIpc) is 2.42. The lowest BCUT2D eigenvalue weighted by Crippen LogP contribution is -1.89. The maximum atomic E-state index is 4.21. The number of benzene rings is 1. The summed E-state index contributed by atoms with van der Waals surface area (Å²) in [6, 6.07) is 10.2. The highest BCUT2D eigenvalue weighted by Gasteiger charge is 2.01. The maximum absolute atomic E-state index is 4.21. The van der Waals surface area contributed by atoms with E-state index in [-0.39, 0.29) is 0 Å². The molecule has 2 rings (SSSR count). The smallest absolute Gasteiger partial charge is 0.159 e. The summed E-state index contributed by atoms with van der Waals surface area (Å²) >= 11 is 0. The molecule has 0 radical (unpaired) electrons. The van der Waals surface area contributed by atoms with Crippen molar-refractivity contribution in [3.63, 3.8) is 0 Å². The number of rotatable bonds is 2. The van der Waals surface area contributed by atoms with Crippen LogP contribution < -0.4 is 0 Å². The Kier molecular flexibility index (Phi) is 5.34. The van der Waals surface area contributed by atoms with Crippen LogP contribution >= 0.6 is 0 Å². The molecule has 1 aromatic carbocycles. The lowest BCUT2D eigenvalue weighted by atomic mass is 10.0. The maximum Gasteiger partial charge on any atom is 0.159 e. The first-order chi connectivity index (χ1) is 8.27. The van der Waals surface area contributed by atoms with Crippen molar-refractivity contribution < 1.29 is 0 Å². The Bertz CT molecular complexity index is 418. The Labute approximate surface area is 104 Å². The van der Waals surface area contributed by atoms with E-state index >= 15 is 0 Å². The Hall–Kier alpha value is -1.70. The van der Waals surface area contributed by atoms with Gasteiger partial charge in [0.25, 0.3) is 0 Å². The third kappa shape index (κ3) is 3.66. The summed E-state index contributed by atoms with van der Waals surface area (Å²) in [5, 5.41) is 0. The minimum atomic E-state index is 0.566. The lowest BCUT2D eigenvalue weighted by molar-refractivity contribution is 0.867. The van der Waals surface area contributed by atoms with Gasteiger partial charge in [0.15, 0.2) is 5.82 Å². The van der Waals surface area contributed by atoms with Crippen molar-refractivity contribution in [2.24, 2.45) is 0 Å². The fourth-order valence-corrected chi connectivity index (χ4v) is 1.47. The monoisotopic (exact) mass is 228 g/mol. The minimum Gasteiger partial charge on any atom is -0.237 e. The zero-order chi connectivity index (χ0) is 12.7. The summed E-state index contributed by atoms with van der Waals surface area (Å²) in [6.45, 7) is 8.38. The first kappa shape index (κ1) is 13.4. The molecule has 0 saturated heterocycles. The van der Waals surface area contributed by atoms with E-state index in [1.807, 2.05) is 19.9 Å². The van der Waals surface area contributed by atoms with Crippen molar-refractivity contribution in [1.29, 1.82) is 0 Å². The van der Waals surface area contributed by atoms with Gasteiger partial charge in [-0.3, -0.25) is 0 Å². The van der Waals surface area contributed by atoms with E-state index in [2.05, 4.69) is 48.1 Å². The van der Waals surface area contributed by atoms with Crippen molar-refractivity contribution in [3.05, 3.63) is 48.3 Å². The minimum absolute atomic E-state index is 0.566. The average molecular weight is 228 g/mol. The third-order valence-corrected chi connectivity index (χ3v) is 2.40. The van der Waals surface area contributed by atoms with Crippen LogP contribution in [0.2, 0.25) is 0 Å². The summed E-state index contributed by atoms with van der Waals surface area (Å²) in [5.74, 6) is 1.35. The second kappa shape index (κ2) is 6.79. The second-order valence-corrected chi connectivity index (χ2v) is 3.85. The van der Waals surface area contributed by atoms with E-state index in [4.69, 9.17) is 0 Å². The van der Waals surface area contributed by atoms with Gasteiger partial charge in [0.2, 0.25) is 0 Å². The molecule has 0 bridgehead atoms. The van der Waals surface area contributed by atoms with Gasteiger partial charge in [0, 0.05) is 18.0 Å². The zero-order valence-electron chi connectivity index (χ0n) is 11.0. The largest absolute Gasteiger partial charge is 0.237 e. The van der Waals surface area contributed by atoms with Gasteiger partial charge in [-0.15, -0.1) is 0 Å². The molecule has 2 aromatic rings. The molecule has 0 aliphatic rings. The van der Waals surface area contributed by atoms with Crippen LogP contribution in [0.25, 0.3) is 11.4 Å². The Morgan fingerprint density at radius 3 is 1.88 bits per heavy atom. The highest BCUT2D eigenvalue weighted by Crippen LogP contribution is 2.19. The molecule has 0 fully saturated rings. The summed E-state index contributed by atoms with van der Waals surface area (Å²) < 4.78 is 0. The van der Waals surface area contributed by atoms with Crippen LogP contribution in [0.1, 0.15) is 39.2 Å². The van der Waals surface area contributed by atoms with Crippen LogP contribution in [-0.2, 0) is 0 Å². The van der Waals surface area contributed by atoms with Gasteiger partial charge in [-0.25, -0.2) is 9.97 Å². The van der Waals surface area contributed by atoms with Crippen LogP contribution in [0.4, 0.5) is 0 Å². The van der Waals surface area contributed by atoms with Crippen molar-refractivity contribution in [1.82, 2.24) is 9.97 Å². The molecule has 2 nitrogen and oxygen atoms in total. The molecule has 0 N–H and O–H groups in total. The third-order valence-electron chi connectivity index (χ3n) is 2.40. The molecule has 0 spiro atoms. The highest BCUT2D eigenvalue weighted by atomic mass is 14.8. The number of hydrogen-bond acceptors (Lipinski definition) is 2. The predicted octanol–water partition coefficient (Wildman–Crippen LogP) is 4.29. The van der Waals surface area contributed by atoms with Crippen molar-refractivity contribution in [2.45, 2.75) is 33.6 Å². The Morgan fingerprint density at radius 1 is 0.882 bits per heavy atom. The molecule has 0 unspecified atom stereocenters. The van der Waals surface area contributed by atoms with Crippen molar-refractivity contribution >= 4 is 0 Å². The summed E-state index contributed by atoms with van der Waals surface area (Å²) in [4.78, 5) is 8.42. The molecule has 0 aliphatic carbocycles. The molecular formula is C15H20N2. The fourth-order valence-electron chi connectivity index (χ4n) is 1.47. The summed E-state index contributed by atoms with van der Waals surface area (Å²) in [6.07, 6.45) is 3.53. The van der Waals surface area contributed by atoms with Gasteiger partial charge in [0.1, 0.15) is 0 Å². The second-order valence-electron chi connectivity index (χ2n) is 3.85. The molecule has 0 aliphatic heterocycles. The van der Waals surface area contributed by atoms with Crippen molar-refractivity contribution in [2.75, 3.05) is 0 Å². The molecule has 0 atom stereocenters. The molecule has 17 heavy (non-hydrogen) atoms. The van der Waals surface area contributed by atoms with E-state index < -0.39 is 0 Å². The summed E-state index contributed by atoms with van der Waals surface area (Å²) in [5.41, 5.74) is 2.41. The first-order valence-corrected chi connectivity index (χ1v) is 6.15. The van der Waals surface area contributed by atoms with E-state index in [1.165, 1.54) is 5.56 Å². The van der Waals surface area contributed by atoms with E-state index in [0.29, 0.717) is 5.92 Å². The topological polar surface area (TPSA) is 25.8 Å².